The molecule has 0 aromatic heterocycles. The van der Waals surface area contributed by atoms with Crippen molar-refractivity contribution in [2.75, 3.05) is 6.54 Å². The van der Waals surface area contributed by atoms with E-state index >= 15 is 0 Å². The first-order chi connectivity index (χ1) is 7.92. The van der Waals surface area contributed by atoms with E-state index < -0.39 is 0 Å². The number of hydrogen-bond donors (Lipinski definition) is 1. The molecule has 1 N–H and O–H groups in total. The lowest BCUT2D eigenvalue weighted by molar-refractivity contribution is 0.222. The molecule has 0 saturated carbocycles. The highest BCUT2D eigenvalue weighted by Crippen LogP contribution is 2.27. The van der Waals surface area contributed by atoms with Gasteiger partial charge in [0, 0.05) is 19.0 Å². The fourth-order valence-electron chi connectivity index (χ4n) is 2.45. The molecular formula is C14H17NO. The van der Waals surface area contributed by atoms with Crippen LogP contribution in [0.25, 0.3) is 0 Å². The lowest BCUT2D eigenvalue weighted by Crippen LogP contribution is -2.36. The van der Waals surface area contributed by atoms with Crippen molar-refractivity contribution in [2.24, 2.45) is 0 Å². The van der Waals surface area contributed by atoms with E-state index in [-0.39, 0.29) is 0 Å². The van der Waals surface area contributed by atoms with Crippen molar-refractivity contribution in [3.8, 4) is 5.75 Å². The van der Waals surface area contributed by atoms with Gasteiger partial charge in [0.05, 0.1) is 0 Å². The minimum Gasteiger partial charge on any atom is -0.488 e. The smallest absolute Gasteiger partial charge is 0.123 e. The van der Waals surface area contributed by atoms with Crippen molar-refractivity contribution in [2.45, 2.75) is 31.4 Å². The number of rotatable bonds is 3. The highest BCUT2D eigenvalue weighted by Gasteiger charge is 2.22. The minimum absolute atomic E-state index is 0.318. The molecule has 16 heavy (non-hydrogen) atoms. The van der Waals surface area contributed by atoms with Crippen molar-refractivity contribution >= 4 is 0 Å². The van der Waals surface area contributed by atoms with Gasteiger partial charge in [-0.1, -0.05) is 30.4 Å². The maximum Gasteiger partial charge on any atom is 0.123 e. The fraction of sp³-hybridized carbons (Fsp3) is 0.429. The SMILES string of the molecule is C1=CCC(NCC2Cc3ccccc3O2)C1. The first-order valence-electron chi connectivity index (χ1n) is 6.05. The summed E-state index contributed by atoms with van der Waals surface area (Å²) in [6, 6.07) is 8.97. The van der Waals surface area contributed by atoms with Crippen LogP contribution in [-0.4, -0.2) is 18.7 Å². The number of hydrogen-bond acceptors (Lipinski definition) is 2. The number of benzene rings is 1. The number of nitrogens with one attached hydrogen (secondary N) is 1. The molecule has 0 saturated heterocycles. The molecule has 1 unspecified atom stereocenters. The summed E-state index contributed by atoms with van der Waals surface area (Å²) in [7, 11) is 0. The van der Waals surface area contributed by atoms with Gasteiger partial charge in [0.15, 0.2) is 0 Å². The van der Waals surface area contributed by atoms with E-state index in [9.17, 15) is 0 Å². The van der Waals surface area contributed by atoms with Gasteiger partial charge in [-0.3, -0.25) is 0 Å². The number of ether oxygens (including phenoxy) is 1. The normalized spacial score (nSPS) is 23.4. The molecule has 84 valence electrons. The van der Waals surface area contributed by atoms with E-state index in [1.54, 1.807) is 0 Å². The van der Waals surface area contributed by atoms with Crippen LogP contribution in [0.3, 0.4) is 0 Å². The average Bonchev–Trinajstić information content (AvgIpc) is 2.95. The number of fused-ring (bicyclic) bond motifs is 1. The van der Waals surface area contributed by atoms with Gasteiger partial charge >= 0.3 is 0 Å². The Labute approximate surface area is 96.3 Å². The Bertz CT molecular complexity index is 366. The van der Waals surface area contributed by atoms with E-state index in [0.717, 1.165) is 18.7 Å². The van der Waals surface area contributed by atoms with Crippen LogP contribution in [0.2, 0.25) is 0 Å². The average molecular weight is 215 g/mol. The molecule has 2 heteroatoms. The van der Waals surface area contributed by atoms with Gasteiger partial charge in [0.2, 0.25) is 0 Å². The fourth-order valence-corrected chi connectivity index (χ4v) is 2.45. The molecule has 0 radical (unpaired) electrons. The van der Waals surface area contributed by atoms with Crippen molar-refractivity contribution < 1.29 is 4.74 Å². The number of para-hydroxylation sites is 1. The van der Waals surface area contributed by atoms with E-state index in [2.05, 4.69) is 35.7 Å². The second-order valence-electron chi connectivity index (χ2n) is 4.60. The first-order valence-corrected chi connectivity index (χ1v) is 6.05. The predicted octanol–water partition coefficient (Wildman–Crippen LogP) is 2.30. The van der Waals surface area contributed by atoms with Gasteiger partial charge in [-0.05, 0) is 24.5 Å². The van der Waals surface area contributed by atoms with E-state index in [0.29, 0.717) is 12.1 Å². The van der Waals surface area contributed by atoms with Gasteiger partial charge in [0.1, 0.15) is 11.9 Å². The summed E-state index contributed by atoms with van der Waals surface area (Å²) in [5, 5.41) is 3.57. The van der Waals surface area contributed by atoms with Crippen LogP contribution in [0.4, 0.5) is 0 Å². The zero-order valence-electron chi connectivity index (χ0n) is 9.36. The summed E-state index contributed by atoms with van der Waals surface area (Å²) < 4.78 is 5.88. The Hall–Kier alpha value is -1.28. The third-order valence-electron chi connectivity index (χ3n) is 3.36. The van der Waals surface area contributed by atoms with E-state index in [4.69, 9.17) is 4.74 Å². The third kappa shape index (κ3) is 1.98. The summed E-state index contributed by atoms with van der Waals surface area (Å²) in [6.45, 7) is 0.959. The molecule has 1 heterocycles. The minimum atomic E-state index is 0.318. The van der Waals surface area contributed by atoms with Gasteiger partial charge in [-0.25, -0.2) is 0 Å². The van der Waals surface area contributed by atoms with E-state index in [1.165, 1.54) is 18.4 Å². The topological polar surface area (TPSA) is 21.3 Å². The van der Waals surface area contributed by atoms with Crippen LogP contribution in [0, 0.1) is 0 Å². The van der Waals surface area contributed by atoms with Crippen LogP contribution in [-0.2, 0) is 6.42 Å². The summed E-state index contributed by atoms with van der Waals surface area (Å²) in [5.41, 5.74) is 1.35. The maximum atomic E-state index is 5.88. The van der Waals surface area contributed by atoms with Gasteiger partial charge in [-0.15, -0.1) is 0 Å². The summed E-state index contributed by atoms with van der Waals surface area (Å²) >= 11 is 0. The molecule has 0 bridgehead atoms. The Kier molecular flexibility index (Phi) is 2.66. The van der Waals surface area contributed by atoms with Crippen LogP contribution in [0.5, 0.6) is 5.75 Å². The molecule has 1 aliphatic carbocycles. The third-order valence-corrected chi connectivity index (χ3v) is 3.36. The lowest BCUT2D eigenvalue weighted by Gasteiger charge is -2.16. The second-order valence-corrected chi connectivity index (χ2v) is 4.60. The van der Waals surface area contributed by atoms with Crippen LogP contribution in [0.1, 0.15) is 18.4 Å². The standard InChI is InChI=1S/C14H17NO/c1-4-8-14-11(5-1)9-13(16-14)10-15-12-6-2-3-7-12/h1-5,8,12-13,15H,6-7,9-10H2. The highest BCUT2D eigenvalue weighted by molar-refractivity contribution is 5.37. The van der Waals surface area contributed by atoms with E-state index in [1.807, 2.05) is 6.07 Å². The molecule has 1 atom stereocenters. The first kappa shape index (κ1) is 9.91. The zero-order chi connectivity index (χ0) is 10.8. The Balaban J connectivity index is 1.52. The molecule has 3 rings (SSSR count). The van der Waals surface area contributed by atoms with Crippen LogP contribution < -0.4 is 10.1 Å². The monoisotopic (exact) mass is 215 g/mol. The quantitative estimate of drug-likeness (QED) is 0.781. The molecule has 2 nitrogen and oxygen atoms in total. The van der Waals surface area contributed by atoms with Gasteiger partial charge in [0.25, 0.3) is 0 Å². The highest BCUT2D eigenvalue weighted by atomic mass is 16.5. The zero-order valence-corrected chi connectivity index (χ0v) is 9.36. The molecule has 0 fully saturated rings. The Morgan fingerprint density at radius 1 is 1.19 bits per heavy atom. The molecule has 1 aromatic carbocycles. The summed E-state index contributed by atoms with van der Waals surface area (Å²) in [6.07, 6.45) is 8.20. The summed E-state index contributed by atoms with van der Waals surface area (Å²) in [4.78, 5) is 0. The lowest BCUT2D eigenvalue weighted by atomic mass is 10.1. The largest absolute Gasteiger partial charge is 0.488 e. The molecule has 0 amide bonds. The van der Waals surface area contributed by atoms with Crippen molar-refractivity contribution in [3.63, 3.8) is 0 Å². The van der Waals surface area contributed by atoms with Crippen LogP contribution >= 0.6 is 0 Å². The molecule has 0 spiro atoms. The molecule has 2 aliphatic rings. The summed E-state index contributed by atoms with van der Waals surface area (Å²) in [5.74, 6) is 1.07. The van der Waals surface area contributed by atoms with Gasteiger partial charge in [-0.2, -0.15) is 0 Å². The van der Waals surface area contributed by atoms with Crippen molar-refractivity contribution in [1.82, 2.24) is 5.32 Å². The second kappa shape index (κ2) is 4.30. The molecular weight excluding hydrogens is 198 g/mol. The van der Waals surface area contributed by atoms with Gasteiger partial charge < -0.3 is 10.1 Å². The molecule has 1 aliphatic heterocycles. The Morgan fingerprint density at radius 3 is 2.81 bits per heavy atom. The Morgan fingerprint density at radius 2 is 2.00 bits per heavy atom. The predicted molar refractivity (Wildman–Crippen MR) is 64.7 cm³/mol. The molecule has 1 aromatic rings. The van der Waals surface area contributed by atoms with Crippen molar-refractivity contribution in [1.29, 1.82) is 0 Å². The van der Waals surface area contributed by atoms with Crippen LogP contribution in [0.15, 0.2) is 36.4 Å². The van der Waals surface area contributed by atoms with Crippen molar-refractivity contribution in [3.05, 3.63) is 42.0 Å². The maximum absolute atomic E-state index is 5.88.